The first-order valence-corrected chi connectivity index (χ1v) is 8.78. The van der Waals surface area contributed by atoms with Crippen molar-refractivity contribution in [1.82, 2.24) is 5.32 Å². The normalized spacial score (nSPS) is 17.6. The molecule has 0 radical (unpaired) electrons. The maximum Gasteiger partial charge on any atom is 0.326 e. The third kappa shape index (κ3) is 6.98. The van der Waals surface area contributed by atoms with E-state index in [0.29, 0.717) is 23.0 Å². The van der Waals surface area contributed by atoms with Crippen LogP contribution in [-0.2, 0) is 9.53 Å². The van der Waals surface area contributed by atoms with Crippen molar-refractivity contribution in [3.8, 4) is 0 Å². The van der Waals surface area contributed by atoms with E-state index in [1.165, 1.54) is 0 Å². The lowest BCUT2D eigenvalue weighted by atomic mass is 9.95. The van der Waals surface area contributed by atoms with Crippen LogP contribution in [0.25, 0.3) is 0 Å². The van der Waals surface area contributed by atoms with Crippen LogP contribution < -0.4 is 5.32 Å². The predicted molar refractivity (Wildman–Crippen MR) is 89.3 cm³/mol. The van der Waals surface area contributed by atoms with Gasteiger partial charge in [0, 0.05) is 10.5 Å². The second-order valence-electron chi connectivity index (χ2n) is 6.08. The standard InChI is InChI=1S/C16H33NO2S/c1-8-10-17-16(7,15(18)19-9-2)11-13(5)20-14(6)12(3)4/h12-14,17H,8-11H2,1-7H3. The van der Waals surface area contributed by atoms with Gasteiger partial charge < -0.3 is 10.1 Å². The molecule has 0 aliphatic carbocycles. The lowest BCUT2D eigenvalue weighted by Gasteiger charge is -2.32. The summed E-state index contributed by atoms with van der Waals surface area (Å²) >= 11 is 1.96. The molecule has 0 aliphatic rings. The summed E-state index contributed by atoms with van der Waals surface area (Å²) in [5.41, 5.74) is -0.574. The lowest BCUT2D eigenvalue weighted by molar-refractivity contribution is -0.150. The topological polar surface area (TPSA) is 38.3 Å². The Hall–Kier alpha value is -0.220. The van der Waals surface area contributed by atoms with Gasteiger partial charge in [0.2, 0.25) is 0 Å². The summed E-state index contributed by atoms with van der Waals surface area (Å²) < 4.78 is 5.25. The maximum absolute atomic E-state index is 12.2. The van der Waals surface area contributed by atoms with Crippen LogP contribution in [0, 0.1) is 5.92 Å². The molecule has 3 atom stereocenters. The minimum Gasteiger partial charge on any atom is -0.465 e. The molecule has 0 heterocycles. The quantitative estimate of drug-likeness (QED) is 0.622. The fourth-order valence-electron chi connectivity index (χ4n) is 2.07. The van der Waals surface area contributed by atoms with Crippen molar-refractivity contribution in [2.75, 3.05) is 13.2 Å². The Morgan fingerprint density at radius 3 is 2.30 bits per heavy atom. The fraction of sp³-hybridized carbons (Fsp3) is 0.938. The average Bonchev–Trinajstić information content (AvgIpc) is 2.36. The second kappa shape index (κ2) is 9.67. The number of rotatable bonds is 10. The molecule has 120 valence electrons. The van der Waals surface area contributed by atoms with Gasteiger partial charge in [0.15, 0.2) is 0 Å². The summed E-state index contributed by atoms with van der Waals surface area (Å²) in [7, 11) is 0. The number of thioether (sulfide) groups is 1. The Morgan fingerprint density at radius 2 is 1.85 bits per heavy atom. The fourth-order valence-corrected chi connectivity index (χ4v) is 3.54. The van der Waals surface area contributed by atoms with E-state index >= 15 is 0 Å². The van der Waals surface area contributed by atoms with Crippen molar-refractivity contribution in [3.63, 3.8) is 0 Å². The number of hydrogen-bond donors (Lipinski definition) is 1. The third-order valence-corrected chi connectivity index (χ3v) is 5.18. The molecule has 0 rings (SSSR count). The van der Waals surface area contributed by atoms with E-state index in [2.05, 4.69) is 39.9 Å². The molecule has 0 spiro atoms. The average molecular weight is 304 g/mol. The molecule has 3 nitrogen and oxygen atoms in total. The third-order valence-electron chi connectivity index (χ3n) is 3.57. The molecule has 0 bridgehead atoms. The maximum atomic E-state index is 12.2. The van der Waals surface area contributed by atoms with Gasteiger partial charge in [0.1, 0.15) is 5.54 Å². The molecule has 3 unspecified atom stereocenters. The van der Waals surface area contributed by atoms with Crippen molar-refractivity contribution in [3.05, 3.63) is 0 Å². The summed E-state index contributed by atoms with van der Waals surface area (Å²) in [5, 5.41) is 4.40. The molecule has 0 aromatic rings. The van der Waals surface area contributed by atoms with Crippen molar-refractivity contribution in [1.29, 1.82) is 0 Å². The Bertz CT molecular complexity index is 284. The van der Waals surface area contributed by atoms with Gasteiger partial charge in [-0.3, -0.25) is 4.79 Å². The summed E-state index contributed by atoms with van der Waals surface area (Å²) in [6.07, 6.45) is 1.81. The zero-order valence-corrected chi connectivity index (χ0v) is 15.1. The molecule has 4 heteroatoms. The zero-order valence-electron chi connectivity index (χ0n) is 14.3. The summed E-state index contributed by atoms with van der Waals surface area (Å²) in [6.45, 7) is 16.2. The van der Waals surface area contributed by atoms with Crippen LogP contribution >= 0.6 is 11.8 Å². The molecule has 0 aliphatic heterocycles. The van der Waals surface area contributed by atoms with Crippen molar-refractivity contribution in [2.45, 2.75) is 77.3 Å². The molecule has 0 fully saturated rings. The van der Waals surface area contributed by atoms with Gasteiger partial charge in [-0.15, -0.1) is 0 Å². The number of nitrogens with one attached hydrogen (secondary N) is 1. The summed E-state index contributed by atoms with van der Waals surface area (Å²) in [5.74, 6) is 0.526. The van der Waals surface area contributed by atoms with Crippen molar-refractivity contribution >= 4 is 17.7 Å². The first-order valence-electron chi connectivity index (χ1n) is 7.84. The van der Waals surface area contributed by atoms with Gasteiger partial charge in [-0.2, -0.15) is 11.8 Å². The van der Waals surface area contributed by atoms with Gasteiger partial charge in [0.05, 0.1) is 6.61 Å². The van der Waals surface area contributed by atoms with E-state index in [9.17, 15) is 4.79 Å². The highest BCUT2D eigenvalue weighted by Gasteiger charge is 2.36. The number of esters is 1. The SMILES string of the molecule is CCCNC(C)(CC(C)SC(C)C(C)C)C(=O)OCC. The molecule has 20 heavy (non-hydrogen) atoms. The van der Waals surface area contributed by atoms with E-state index in [0.717, 1.165) is 19.4 Å². The Labute approximate surface area is 129 Å². The second-order valence-corrected chi connectivity index (χ2v) is 7.90. The minimum atomic E-state index is -0.574. The molecular formula is C16H33NO2S. The smallest absolute Gasteiger partial charge is 0.326 e. The van der Waals surface area contributed by atoms with Crippen LogP contribution in [0.15, 0.2) is 0 Å². The number of carbonyl (C=O) groups excluding carboxylic acids is 1. The van der Waals surface area contributed by atoms with E-state index < -0.39 is 5.54 Å². The van der Waals surface area contributed by atoms with Crippen LogP contribution in [-0.4, -0.2) is 35.2 Å². The van der Waals surface area contributed by atoms with Gasteiger partial charge >= 0.3 is 5.97 Å². The van der Waals surface area contributed by atoms with E-state index in [1.807, 2.05) is 25.6 Å². The highest BCUT2D eigenvalue weighted by molar-refractivity contribution is 8.00. The van der Waals surface area contributed by atoms with E-state index in [4.69, 9.17) is 4.74 Å². The first-order chi connectivity index (χ1) is 9.26. The molecular weight excluding hydrogens is 270 g/mol. The summed E-state index contributed by atoms with van der Waals surface area (Å²) in [4.78, 5) is 12.2. The molecule has 0 aromatic carbocycles. The van der Waals surface area contributed by atoms with E-state index in [-0.39, 0.29) is 5.97 Å². The van der Waals surface area contributed by atoms with Gasteiger partial charge in [-0.25, -0.2) is 0 Å². The number of carbonyl (C=O) groups is 1. The van der Waals surface area contributed by atoms with Crippen molar-refractivity contribution in [2.24, 2.45) is 5.92 Å². The van der Waals surface area contributed by atoms with Gasteiger partial charge in [0.25, 0.3) is 0 Å². The zero-order chi connectivity index (χ0) is 15.8. The monoisotopic (exact) mass is 303 g/mol. The molecule has 0 amide bonds. The van der Waals surface area contributed by atoms with Crippen LogP contribution in [0.2, 0.25) is 0 Å². The van der Waals surface area contributed by atoms with Gasteiger partial charge in [-0.05, 0) is 39.2 Å². The highest BCUT2D eigenvalue weighted by atomic mass is 32.2. The van der Waals surface area contributed by atoms with Gasteiger partial charge in [-0.1, -0.05) is 34.6 Å². The number of hydrogen-bond acceptors (Lipinski definition) is 4. The largest absolute Gasteiger partial charge is 0.465 e. The minimum absolute atomic E-state index is 0.127. The highest BCUT2D eigenvalue weighted by Crippen LogP contribution is 2.29. The van der Waals surface area contributed by atoms with Crippen LogP contribution in [0.3, 0.4) is 0 Å². The molecule has 1 N–H and O–H groups in total. The predicted octanol–water partition coefficient (Wildman–Crippen LogP) is 3.86. The Morgan fingerprint density at radius 1 is 1.25 bits per heavy atom. The van der Waals surface area contributed by atoms with E-state index in [1.54, 1.807) is 0 Å². The first kappa shape index (κ1) is 19.8. The number of ether oxygens (including phenoxy) is 1. The molecule has 0 saturated carbocycles. The summed E-state index contributed by atoms with van der Waals surface area (Å²) in [6, 6.07) is 0. The van der Waals surface area contributed by atoms with Crippen molar-refractivity contribution < 1.29 is 9.53 Å². The van der Waals surface area contributed by atoms with Crippen LogP contribution in [0.1, 0.15) is 61.3 Å². The Balaban J connectivity index is 4.66. The van der Waals surface area contributed by atoms with Crippen LogP contribution in [0.5, 0.6) is 0 Å². The Kier molecular flexibility index (Phi) is 9.56. The van der Waals surface area contributed by atoms with Crippen LogP contribution in [0.4, 0.5) is 0 Å². The lowest BCUT2D eigenvalue weighted by Crippen LogP contribution is -2.52. The molecule has 0 saturated heterocycles. The molecule has 0 aromatic heterocycles.